The molecule has 88 valence electrons. The maximum atomic E-state index is 11.6. The van der Waals surface area contributed by atoms with Crippen molar-refractivity contribution in [1.29, 1.82) is 0 Å². The van der Waals surface area contributed by atoms with Gasteiger partial charge in [0.25, 0.3) is 0 Å². The highest BCUT2D eigenvalue weighted by molar-refractivity contribution is 5.94. The normalized spacial score (nSPS) is 11.9. The molecule has 1 rings (SSSR count). The second-order valence-electron chi connectivity index (χ2n) is 5.59. The summed E-state index contributed by atoms with van der Waals surface area (Å²) in [7, 11) is 0. The van der Waals surface area contributed by atoms with Crippen LogP contribution in [0.5, 0.6) is 0 Å². The fourth-order valence-corrected chi connectivity index (χ4v) is 1.67. The van der Waals surface area contributed by atoms with Gasteiger partial charge in [-0.15, -0.1) is 0 Å². The lowest BCUT2D eigenvalue weighted by Crippen LogP contribution is -2.18. The number of pyridine rings is 1. The first-order valence-corrected chi connectivity index (χ1v) is 5.76. The van der Waals surface area contributed by atoms with E-state index in [1.165, 1.54) is 0 Å². The first kappa shape index (κ1) is 12.9. The highest BCUT2D eigenvalue weighted by Crippen LogP contribution is 2.26. The largest absolute Gasteiger partial charge is 0.293 e. The van der Waals surface area contributed by atoms with E-state index < -0.39 is 0 Å². The van der Waals surface area contributed by atoms with Crippen LogP contribution in [0.3, 0.4) is 0 Å². The average molecular weight is 219 g/mol. The molecule has 0 atom stereocenters. The summed E-state index contributed by atoms with van der Waals surface area (Å²) in [5, 5.41) is 0. The number of hydrogen-bond acceptors (Lipinski definition) is 2. The number of rotatable bonds is 2. The van der Waals surface area contributed by atoms with E-state index in [9.17, 15) is 4.79 Å². The van der Waals surface area contributed by atoms with Crippen LogP contribution in [0.25, 0.3) is 0 Å². The molecule has 1 aromatic rings. The molecule has 0 aliphatic heterocycles. The third-order valence-electron chi connectivity index (χ3n) is 2.65. The van der Waals surface area contributed by atoms with Gasteiger partial charge in [0.1, 0.15) is 5.69 Å². The lowest BCUT2D eigenvalue weighted by molar-refractivity contribution is 0.101. The quantitative estimate of drug-likeness (QED) is 0.710. The zero-order chi connectivity index (χ0) is 12.5. The summed E-state index contributed by atoms with van der Waals surface area (Å²) in [4.78, 5) is 16.1. The third-order valence-corrected chi connectivity index (χ3v) is 2.65. The summed E-state index contributed by atoms with van der Waals surface area (Å²) in [6.07, 6.45) is 0. The van der Waals surface area contributed by atoms with E-state index in [4.69, 9.17) is 0 Å². The molecule has 0 saturated heterocycles. The third kappa shape index (κ3) is 2.69. The van der Waals surface area contributed by atoms with Crippen LogP contribution < -0.4 is 0 Å². The molecule has 16 heavy (non-hydrogen) atoms. The van der Waals surface area contributed by atoms with Gasteiger partial charge in [0, 0.05) is 12.6 Å². The molecule has 0 radical (unpaired) electrons. The van der Waals surface area contributed by atoms with E-state index in [-0.39, 0.29) is 11.2 Å². The van der Waals surface area contributed by atoms with Crippen molar-refractivity contribution in [2.24, 2.45) is 0 Å². The molecular formula is C14H21NO. The van der Waals surface area contributed by atoms with Gasteiger partial charge in [-0.1, -0.05) is 40.7 Å². The van der Waals surface area contributed by atoms with Crippen molar-refractivity contribution < 1.29 is 4.79 Å². The van der Waals surface area contributed by atoms with E-state index in [1.54, 1.807) is 6.92 Å². The van der Waals surface area contributed by atoms with E-state index in [2.05, 4.69) is 39.6 Å². The van der Waals surface area contributed by atoms with Crippen molar-refractivity contribution in [3.63, 3.8) is 0 Å². The maximum absolute atomic E-state index is 11.6. The molecule has 1 aromatic heterocycles. The van der Waals surface area contributed by atoms with E-state index in [1.807, 2.05) is 12.1 Å². The SMILES string of the molecule is CC(=O)c1nc(C(C)C)ccc1C(C)(C)C. The van der Waals surface area contributed by atoms with E-state index in [0.29, 0.717) is 11.6 Å². The number of nitrogens with zero attached hydrogens (tertiary/aromatic N) is 1. The Bertz CT molecular complexity index is 400. The topological polar surface area (TPSA) is 30.0 Å². The van der Waals surface area contributed by atoms with Crippen molar-refractivity contribution in [3.05, 3.63) is 29.1 Å². The number of carbonyl (C=O) groups is 1. The molecule has 0 fully saturated rings. The molecule has 0 bridgehead atoms. The predicted octanol–water partition coefficient (Wildman–Crippen LogP) is 3.71. The molecule has 0 saturated carbocycles. The van der Waals surface area contributed by atoms with Crippen molar-refractivity contribution in [2.75, 3.05) is 0 Å². The summed E-state index contributed by atoms with van der Waals surface area (Å²) in [6, 6.07) is 4.07. The van der Waals surface area contributed by atoms with Gasteiger partial charge in [0.2, 0.25) is 0 Å². The number of ketones is 1. The van der Waals surface area contributed by atoms with Crippen LogP contribution in [0, 0.1) is 0 Å². The average Bonchev–Trinajstić information content (AvgIpc) is 2.15. The number of Topliss-reactive ketones (excluding diaryl/α,β-unsaturated/α-hetero) is 1. The molecule has 0 unspecified atom stereocenters. The summed E-state index contributed by atoms with van der Waals surface area (Å²) in [5.41, 5.74) is 2.60. The fourth-order valence-electron chi connectivity index (χ4n) is 1.67. The van der Waals surface area contributed by atoms with E-state index in [0.717, 1.165) is 11.3 Å². The highest BCUT2D eigenvalue weighted by Gasteiger charge is 2.21. The standard InChI is InChI=1S/C14H21NO/c1-9(2)12-8-7-11(14(4,5)6)13(15-12)10(3)16/h7-9H,1-6H3. The predicted molar refractivity (Wildman–Crippen MR) is 67.0 cm³/mol. The summed E-state index contributed by atoms with van der Waals surface area (Å²) in [5.74, 6) is 0.402. The molecule has 0 N–H and O–H groups in total. The van der Waals surface area contributed by atoms with Crippen LogP contribution >= 0.6 is 0 Å². The minimum absolute atomic E-state index is 0.0382. The zero-order valence-corrected chi connectivity index (χ0v) is 11.1. The summed E-state index contributed by atoms with van der Waals surface area (Å²) < 4.78 is 0. The van der Waals surface area contributed by atoms with Crippen LogP contribution in [-0.2, 0) is 5.41 Å². The van der Waals surface area contributed by atoms with Gasteiger partial charge in [-0.05, 0) is 23.0 Å². The van der Waals surface area contributed by atoms with Crippen LogP contribution in [0.4, 0.5) is 0 Å². The molecule has 0 aromatic carbocycles. The Morgan fingerprint density at radius 1 is 1.25 bits per heavy atom. The van der Waals surface area contributed by atoms with Crippen LogP contribution in [0.15, 0.2) is 12.1 Å². The smallest absolute Gasteiger partial charge is 0.178 e. The number of hydrogen-bond donors (Lipinski definition) is 0. The Labute approximate surface area is 98.1 Å². The molecule has 0 aliphatic rings. The first-order chi connectivity index (χ1) is 7.23. The fraction of sp³-hybridized carbons (Fsp3) is 0.571. The van der Waals surface area contributed by atoms with Gasteiger partial charge < -0.3 is 0 Å². The Balaban J connectivity index is 3.37. The highest BCUT2D eigenvalue weighted by atomic mass is 16.1. The zero-order valence-electron chi connectivity index (χ0n) is 11.1. The van der Waals surface area contributed by atoms with Crippen molar-refractivity contribution in [2.45, 2.75) is 52.9 Å². The Hall–Kier alpha value is -1.18. The van der Waals surface area contributed by atoms with Crippen LogP contribution in [0.2, 0.25) is 0 Å². The molecule has 0 amide bonds. The Morgan fingerprint density at radius 3 is 2.19 bits per heavy atom. The van der Waals surface area contributed by atoms with Crippen LogP contribution in [-0.4, -0.2) is 10.8 Å². The van der Waals surface area contributed by atoms with Gasteiger partial charge in [0.15, 0.2) is 5.78 Å². The molecule has 2 heteroatoms. The molecule has 0 aliphatic carbocycles. The Kier molecular flexibility index (Phi) is 3.51. The van der Waals surface area contributed by atoms with Crippen molar-refractivity contribution in [3.8, 4) is 0 Å². The maximum Gasteiger partial charge on any atom is 0.178 e. The molecular weight excluding hydrogens is 198 g/mol. The van der Waals surface area contributed by atoms with Gasteiger partial charge in [-0.25, -0.2) is 4.98 Å². The van der Waals surface area contributed by atoms with E-state index >= 15 is 0 Å². The van der Waals surface area contributed by atoms with Crippen molar-refractivity contribution >= 4 is 5.78 Å². The Morgan fingerprint density at radius 2 is 1.81 bits per heavy atom. The van der Waals surface area contributed by atoms with Gasteiger partial charge >= 0.3 is 0 Å². The number of carbonyl (C=O) groups excluding carboxylic acids is 1. The van der Waals surface area contributed by atoms with Crippen LogP contribution in [0.1, 0.15) is 69.2 Å². The molecule has 2 nitrogen and oxygen atoms in total. The first-order valence-electron chi connectivity index (χ1n) is 5.76. The summed E-state index contributed by atoms with van der Waals surface area (Å²) >= 11 is 0. The van der Waals surface area contributed by atoms with Gasteiger partial charge in [0.05, 0.1) is 0 Å². The monoisotopic (exact) mass is 219 g/mol. The van der Waals surface area contributed by atoms with Crippen molar-refractivity contribution in [1.82, 2.24) is 4.98 Å². The van der Waals surface area contributed by atoms with Gasteiger partial charge in [-0.3, -0.25) is 4.79 Å². The second-order valence-corrected chi connectivity index (χ2v) is 5.59. The minimum Gasteiger partial charge on any atom is -0.293 e. The lowest BCUT2D eigenvalue weighted by atomic mass is 9.84. The minimum atomic E-state index is -0.0382. The van der Waals surface area contributed by atoms with Gasteiger partial charge in [-0.2, -0.15) is 0 Å². The second kappa shape index (κ2) is 4.36. The molecule has 0 spiro atoms. The lowest BCUT2D eigenvalue weighted by Gasteiger charge is -2.22. The summed E-state index contributed by atoms with van der Waals surface area (Å²) in [6.45, 7) is 12.1. The number of aromatic nitrogens is 1. The molecule has 1 heterocycles.